The fourth-order valence-electron chi connectivity index (χ4n) is 2.88. The summed E-state index contributed by atoms with van der Waals surface area (Å²) in [5.41, 5.74) is 0.490. The van der Waals surface area contributed by atoms with E-state index in [1.165, 1.54) is 6.07 Å². The number of carbonyl (C=O) groups is 1. The van der Waals surface area contributed by atoms with Crippen molar-refractivity contribution in [3.05, 3.63) is 38.4 Å². The Balaban J connectivity index is 4.07. The molecule has 0 amide bonds. The van der Waals surface area contributed by atoms with Crippen LogP contribution in [0.5, 0.6) is 0 Å². The zero-order valence-electron chi connectivity index (χ0n) is 13.7. The Hall–Kier alpha value is -1.91. The van der Waals surface area contributed by atoms with Crippen molar-refractivity contribution in [3.63, 3.8) is 0 Å². The number of aromatic carboxylic acids is 1. The highest BCUT2D eigenvalue weighted by Gasteiger charge is 2.36. The lowest BCUT2D eigenvalue weighted by Gasteiger charge is -2.29. The normalized spacial score (nSPS) is 12.3. The molecule has 0 saturated carbocycles. The first-order valence-electron chi connectivity index (χ1n) is 6.84. The third kappa shape index (κ3) is 3.23. The van der Waals surface area contributed by atoms with Crippen molar-refractivity contribution in [1.82, 2.24) is 0 Å². The first kappa shape index (κ1) is 17.1. The van der Waals surface area contributed by atoms with Gasteiger partial charge in [0.25, 0.3) is 5.69 Å². The van der Waals surface area contributed by atoms with Gasteiger partial charge >= 0.3 is 5.97 Å². The number of aryl methyl sites for hydroxylation is 1. The topological polar surface area (TPSA) is 80.4 Å². The van der Waals surface area contributed by atoms with E-state index in [4.69, 9.17) is 0 Å². The maximum atomic E-state index is 11.8. The van der Waals surface area contributed by atoms with Crippen LogP contribution in [0.2, 0.25) is 0 Å². The zero-order valence-corrected chi connectivity index (χ0v) is 13.7. The number of nitro benzene ring substituents is 1. The van der Waals surface area contributed by atoms with Gasteiger partial charge in [-0.25, -0.2) is 4.79 Å². The minimum atomic E-state index is -1.11. The lowest BCUT2D eigenvalue weighted by atomic mass is 9.73. The van der Waals surface area contributed by atoms with Gasteiger partial charge in [0, 0.05) is 11.6 Å². The minimum Gasteiger partial charge on any atom is -0.478 e. The Labute approximate surface area is 125 Å². The fraction of sp³-hybridized carbons (Fsp3) is 0.562. The molecule has 1 aromatic rings. The molecule has 0 spiro atoms. The highest BCUT2D eigenvalue weighted by Crippen LogP contribution is 2.41. The van der Waals surface area contributed by atoms with Crippen LogP contribution in [-0.2, 0) is 10.8 Å². The summed E-state index contributed by atoms with van der Waals surface area (Å²) in [6.45, 7) is 12.9. The van der Waals surface area contributed by atoms with E-state index >= 15 is 0 Å². The van der Waals surface area contributed by atoms with Crippen LogP contribution in [0.3, 0.4) is 0 Å². The van der Waals surface area contributed by atoms with Crippen LogP contribution >= 0.6 is 0 Å². The number of rotatable bonds is 2. The van der Waals surface area contributed by atoms with E-state index in [1.54, 1.807) is 27.7 Å². The average molecular weight is 293 g/mol. The smallest absolute Gasteiger partial charge is 0.336 e. The average Bonchev–Trinajstić information content (AvgIpc) is 2.23. The molecule has 0 saturated heterocycles. The van der Waals surface area contributed by atoms with Crippen LogP contribution in [0.1, 0.15) is 68.6 Å². The molecule has 0 atom stereocenters. The second kappa shape index (κ2) is 5.13. The first-order chi connectivity index (χ1) is 9.28. The molecule has 1 rings (SSSR count). The van der Waals surface area contributed by atoms with Crippen LogP contribution in [0.15, 0.2) is 6.07 Å². The molecular weight excluding hydrogens is 270 g/mol. The third-order valence-electron chi connectivity index (χ3n) is 3.41. The molecule has 0 unspecified atom stereocenters. The van der Waals surface area contributed by atoms with Gasteiger partial charge in [-0.1, -0.05) is 41.5 Å². The molecule has 1 N–H and O–H groups in total. The molecule has 5 heteroatoms. The quantitative estimate of drug-likeness (QED) is 0.654. The Bertz CT molecular complexity index is 604. The van der Waals surface area contributed by atoms with Gasteiger partial charge in [-0.05, 0) is 28.9 Å². The van der Waals surface area contributed by atoms with Crippen LogP contribution in [0, 0.1) is 17.0 Å². The van der Waals surface area contributed by atoms with Gasteiger partial charge in [-0.3, -0.25) is 10.1 Å². The summed E-state index contributed by atoms with van der Waals surface area (Å²) in [7, 11) is 0. The van der Waals surface area contributed by atoms with Gasteiger partial charge < -0.3 is 5.11 Å². The fourth-order valence-corrected chi connectivity index (χ4v) is 2.88. The third-order valence-corrected chi connectivity index (χ3v) is 3.41. The molecule has 0 aromatic heterocycles. The summed E-state index contributed by atoms with van der Waals surface area (Å²) in [5.74, 6) is -1.11. The summed E-state index contributed by atoms with van der Waals surface area (Å²) in [6.07, 6.45) is 0. The second-order valence-electron chi connectivity index (χ2n) is 7.40. The Morgan fingerprint density at radius 1 is 1.10 bits per heavy atom. The predicted octanol–water partition coefficient (Wildman–Crippen LogP) is 4.20. The van der Waals surface area contributed by atoms with Crippen LogP contribution in [0.25, 0.3) is 0 Å². The number of nitro groups is 1. The highest BCUT2D eigenvalue weighted by atomic mass is 16.6. The summed E-state index contributed by atoms with van der Waals surface area (Å²) < 4.78 is 0. The molecule has 1 aromatic carbocycles. The van der Waals surface area contributed by atoms with Crippen molar-refractivity contribution in [2.75, 3.05) is 0 Å². The van der Waals surface area contributed by atoms with Crippen molar-refractivity contribution in [3.8, 4) is 0 Å². The SMILES string of the molecule is Cc1cc([N+](=O)[O-])c(C(C)(C)C)c(C(=O)O)c1C(C)(C)C. The van der Waals surface area contributed by atoms with Crippen molar-refractivity contribution >= 4 is 11.7 Å². The summed E-state index contributed by atoms with van der Waals surface area (Å²) >= 11 is 0. The first-order valence-corrected chi connectivity index (χ1v) is 6.84. The number of carboxylic acid groups (broad SMARTS) is 1. The van der Waals surface area contributed by atoms with Gasteiger partial charge in [0.1, 0.15) is 0 Å². The van der Waals surface area contributed by atoms with Gasteiger partial charge in [-0.2, -0.15) is 0 Å². The van der Waals surface area contributed by atoms with Gasteiger partial charge in [0.2, 0.25) is 0 Å². The number of hydrogen-bond acceptors (Lipinski definition) is 3. The van der Waals surface area contributed by atoms with Crippen molar-refractivity contribution < 1.29 is 14.8 Å². The summed E-state index contributed by atoms with van der Waals surface area (Å²) in [4.78, 5) is 22.7. The van der Waals surface area contributed by atoms with E-state index in [2.05, 4.69) is 0 Å². The molecule has 5 nitrogen and oxygen atoms in total. The molecule has 0 radical (unpaired) electrons. The van der Waals surface area contributed by atoms with Crippen molar-refractivity contribution in [2.24, 2.45) is 0 Å². The Kier molecular flexibility index (Phi) is 4.19. The minimum absolute atomic E-state index is 0.0710. The van der Waals surface area contributed by atoms with E-state index in [9.17, 15) is 20.0 Å². The molecule has 0 aliphatic rings. The standard InChI is InChI=1S/C16H23NO4/c1-9-8-10(17(20)21)13(16(5,6)7)11(14(18)19)12(9)15(2,3)4/h8H,1-7H3,(H,18,19). The maximum absolute atomic E-state index is 11.8. The monoisotopic (exact) mass is 293 g/mol. The highest BCUT2D eigenvalue weighted by molar-refractivity contribution is 5.94. The van der Waals surface area contributed by atoms with Crippen LogP contribution in [0.4, 0.5) is 5.69 Å². The van der Waals surface area contributed by atoms with E-state index in [-0.39, 0.29) is 16.8 Å². The molecule has 21 heavy (non-hydrogen) atoms. The molecule has 0 heterocycles. The van der Waals surface area contributed by atoms with E-state index in [0.717, 1.165) is 0 Å². The number of hydrogen-bond donors (Lipinski definition) is 1. The molecular formula is C16H23NO4. The Morgan fingerprint density at radius 2 is 1.52 bits per heavy atom. The molecule has 0 fully saturated rings. The van der Waals surface area contributed by atoms with E-state index < -0.39 is 21.7 Å². The van der Waals surface area contributed by atoms with Gasteiger partial charge in [0.05, 0.1) is 10.5 Å². The second-order valence-corrected chi connectivity index (χ2v) is 7.40. The number of carboxylic acids is 1. The van der Waals surface area contributed by atoms with Crippen LogP contribution in [-0.4, -0.2) is 16.0 Å². The number of benzene rings is 1. The summed E-state index contributed by atoms with van der Waals surface area (Å²) in [6, 6.07) is 1.49. The lowest BCUT2D eigenvalue weighted by molar-refractivity contribution is -0.386. The van der Waals surface area contributed by atoms with Crippen LogP contribution < -0.4 is 0 Å². The number of nitrogens with zero attached hydrogens (tertiary/aromatic N) is 1. The predicted molar refractivity (Wildman–Crippen MR) is 82.2 cm³/mol. The van der Waals surface area contributed by atoms with Crippen molar-refractivity contribution in [2.45, 2.75) is 59.3 Å². The Morgan fingerprint density at radius 3 is 1.81 bits per heavy atom. The largest absolute Gasteiger partial charge is 0.478 e. The van der Waals surface area contributed by atoms with Gasteiger partial charge in [0.15, 0.2) is 0 Å². The molecule has 0 aliphatic carbocycles. The maximum Gasteiger partial charge on any atom is 0.336 e. The van der Waals surface area contributed by atoms with Crippen molar-refractivity contribution in [1.29, 1.82) is 0 Å². The zero-order chi connectivity index (χ0) is 16.7. The molecule has 0 aliphatic heterocycles. The molecule has 0 bridgehead atoms. The van der Waals surface area contributed by atoms with Gasteiger partial charge in [-0.15, -0.1) is 0 Å². The van der Waals surface area contributed by atoms with E-state index in [0.29, 0.717) is 11.1 Å². The van der Waals surface area contributed by atoms with E-state index in [1.807, 2.05) is 20.8 Å². The molecule has 116 valence electrons. The summed E-state index contributed by atoms with van der Waals surface area (Å²) in [5, 5.41) is 21.1. The lowest BCUT2D eigenvalue weighted by Crippen LogP contribution is -2.26.